The molecule has 2 aromatic heterocycles. The van der Waals surface area contributed by atoms with Crippen LogP contribution < -0.4 is 0 Å². The summed E-state index contributed by atoms with van der Waals surface area (Å²) >= 11 is 0. The molecule has 5 heteroatoms. The number of hydrogen-bond donors (Lipinski definition) is 2. The number of phenolic OH excluding ortho intramolecular Hbond substituents is 1. The van der Waals surface area contributed by atoms with E-state index in [9.17, 15) is 9.90 Å². The Kier molecular flexibility index (Phi) is 2.70. The fraction of sp³-hybridized carbons (Fsp3) is 0. The molecule has 2 heterocycles. The van der Waals surface area contributed by atoms with Crippen LogP contribution in [0.3, 0.4) is 0 Å². The zero-order chi connectivity index (χ0) is 14.1. The van der Waals surface area contributed by atoms with Gasteiger partial charge in [-0.25, -0.2) is 4.98 Å². The predicted octanol–water partition coefficient (Wildman–Crippen LogP) is 2.37. The van der Waals surface area contributed by atoms with Crippen molar-refractivity contribution in [2.75, 3.05) is 0 Å². The zero-order valence-corrected chi connectivity index (χ0v) is 10.3. The SMILES string of the molecule is N#Cc1cccc(C(=O)c2c[nH]c3c(O)cccc23)n1. The molecule has 0 saturated heterocycles. The molecule has 3 aromatic rings. The van der Waals surface area contributed by atoms with E-state index in [2.05, 4.69) is 9.97 Å². The number of aromatic amines is 1. The molecule has 20 heavy (non-hydrogen) atoms. The van der Waals surface area contributed by atoms with Crippen molar-refractivity contribution in [2.24, 2.45) is 0 Å². The van der Waals surface area contributed by atoms with Crippen LogP contribution in [0.5, 0.6) is 5.75 Å². The van der Waals surface area contributed by atoms with Gasteiger partial charge in [-0.2, -0.15) is 5.26 Å². The Labute approximate surface area is 114 Å². The van der Waals surface area contributed by atoms with E-state index in [1.165, 1.54) is 12.3 Å². The molecule has 1 aromatic carbocycles. The van der Waals surface area contributed by atoms with Crippen molar-refractivity contribution in [3.05, 3.63) is 59.5 Å². The first-order valence-electron chi connectivity index (χ1n) is 5.91. The number of phenols is 1. The van der Waals surface area contributed by atoms with Crippen LogP contribution in [0, 0.1) is 11.3 Å². The summed E-state index contributed by atoms with van der Waals surface area (Å²) < 4.78 is 0. The van der Waals surface area contributed by atoms with E-state index in [0.29, 0.717) is 16.5 Å². The van der Waals surface area contributed by atoms with Gasteiger partial charge in [-0.3, -0.25) is 4.79 Å². The molecule has 0 aliphatic heterocycles. The smallest absolute Gasteiger partial charge is 0.213 e. The Hall–Kier alpha value is -3.13. The van der Waals surface area contributed by atoms with E-state index in [-0.39, 0.29) is 22.9 Å². The lowest BCUT2D eigenvalue weighted by Gasteiger charge is -2.00. The molecule has 0 aliphatic rings. The van der Waals surface area contributed by atoms with Gasteiger partial charge in [0.25, 0.3) is 0 Å². The molecule has 0 aliphatic carbocycles. The summed E-state index contributed by atoms with van der Waals surface area (Å²) in [6.07, 6.45) is 1.54. The van der Waals surface area contributed by atoms with Gasteiger partial charge in [-0.1, -0.05) is 18.2 Å². The Morgan fingerprint density at radius 1 is 1.25 bits per heavy atom. The number of carbonyl (C=O) groups is 1. The van der Waals surface area contributed by atoms with E-state index in [1.807, 2.05) is 6.07 Å². The minimum atomic E-state index is -0.293. The number of benzene rings is 1. The molecule has 0 spiro atoms. The molecule has 0 radical (unpaired) electrons. The highest BCUT2D eigenvalue weighted by Gasteiger charge is 2.16. The number of pyridine rings is 1. The van der Waals surface area contributed by atoms with E-state index in [1.54, 1.807) is 30.3 Å². The van der Waals surface area contributed by atoms with Gasteiger partial charge in [0, 0.05) is 17.1 Å². The van der Waals surface area contributed by atoms with Gasteiger partial charge in [0.05, 0.1) is 5.52 Å². The topological polar surface area (TPSA) is 89.8 Å². The summed E-state index contributed by atoms with van der Waals surface area (Å²) in [7, 11) is 0. The van der Waals surface area contributed by atoms with Crippen LogP contribution in [0.2, 0.25) is 0 Å². The number of H-pyrrole nitrogens is 1. The van der Waals surface area contributed by atoms with Gasteiger partial charge >= 0.3 is 0 Å². The average Bonchev–Trinajstić information content (AvgIpc) is 2.92. The standard InChI is InChI=1S/C15H9N3O2/c16-7-9-3-1-5-12(18-9)15(20)11-8-17-14-10(11)4-2-6-13(14)19/h1-6,8,17,19H. The molecule has 0 fully saturated rings. The molecule has 0 unspecified atom stereocenters. The molecular weight excluding hydrogens is 254 g/mol. The quantitative estimate of drug-likeness (QED) is 0.694. The van der Waals surface area contributed by atoms with Gasteiger partial charge < -0.3 is 10.1 Å². The highest BCUT2D eigenvalue weighted by molar-refractivity contribution is 6.16. The van der Waals surface area contributed by atoms with Gasteiger partial charge in [-0.15, -0.1) is 0 Å². The zero-order valence-electron chi connectivity index (χ0n) is 10.3. The lowest BCUT2D eigenvalue weighted by atomic mass is 10.1. The number of nitrogens with zero attached hydrogens (tertiary/aromatic N) is 2. The van der Waals surface area contributed by atoms with E-state index >= 15 is 0 Å². The van der Waals surface area contributed by atoms with Crippen LogP contribution in [0.25, 0.3) is 10.9 Å². The van der Waals surface area contributed by atoms with Crippen LogP contribution in [0.15, 0.2) is 42.6 Å². The monoisotopic (exact) mass is 263 g/mol. The van der Waals surface area contributed by atoms with Crippen LogP contribution in [0.4, 0.5) is 0 Å². The number of nitrogens with one attached hydrogen (secondary N) is 1. The largest absolute Gasteiger partial charge is 0.506 e. The number of aromatic hydroxyl groups is 1. The van der Waals surface area contributed by atoms with Gasteiger partial charge in [0.15, 0.2) is 0 Å². The third kappa shape index (κ3) is 1.80. The Bertz CT molecular complexity index is 859. The van der Waals surface area contributed by atoms with Crippen molar-refractivity contribution in [1.29, 1.82) is 5.26 Å². The summed E-state index contributed by atoms with van der Waals surface area (Å²) in [5, 5.41) is 19.2. The molecule has 0 amide bonds. The maximum atomic E-state index is 12.4. The second-order valence-corrected chi connectivity index (χ2v) is 4.25. The van der Waals surface area contributed by atoms with Crippen molar-refractivity contribution >= 4 is 16.7 Å². The minimum absolute atomic E-state index is 0.0836. The van der Waals surface area contributed by atoms with Crippen molar-refractivity contribution in [1.82, 2.24) is 9.97 Å². The predicted molar refractivity (Wildman–Crippen MR) is 72.3 cm³/mol. The van der Waals surface area contributed by atoms with Gasteiger partial charge in [-0.05, 0) is 18.2 Å². The van der Waals surface area contributed by atoms with Crippen molar-refractivity contribution < 1.29 is 9.90 Å². The number of rotatable bonds is 2. The lowest BCUT2D eigenvalue weighted by Crippen LogP contribution is -2.04. The van der Waals surface area contributed by atoms with Crippen molar-refractivity contribution in [3.63, 3.8) is 0 Å². The third-order valence-corrected chi connectivity index (χ3v) is 3.03. The fourth-order valence-electron chi connectivity index (χ4n) is 2.09. The van der Waals surface area contributed by atoms with E-state index in [0.717, 1.165) is 0 Å². The number of fused-ring (bicyclic) bond motifs is 1. The highest BCUT2D eigenvalue weighted by Crippen LogP contribution is 2.27. The summed E-state index contributed by atoms with van der Waals surface area (Å²) in [4.78, 5) is 19.3. The lowest BCUT2D eigenvalue weighted by molar-refractivity contribution is 0.103. The maximum absolute atomic E-state index is 12.4. The van der Waals surface area contributed by atoms with Crippen LogP contribution in [-0.2, 0) is 0 Å². The molecule has 3 rings (SSSR count). The number of nitriles is 1. The first-order chi connectivity index (χ1) is 9.70. The van der Waals surface area contributed by atoms with Crippen LogP contribution >= 0.6 is 0 Å². The molecule has 0 atom stereocenters. The van der Waals surface area contributed by atoms with E-state index in [4.69, 9.17) is 5.26 Å². The normalized spacial score (nSPS) is 10.3. The summed E-state index contributed by atoms with van der Waals surface area (Å²) in [6.45, 7) is 0. The van der Waals surface area contributed by atoms with Gasteiger partial charge in [0.1, 0.15) is 23.2 Å². The Morgan fingerprint density at radius 3 is 2.85 bits per heavy atom. The molecular formula is C15H9N3O2. The van der Waals surface area contributed by atoms with Crippen LogP contribution in [-0.4, -0.2) is 20.9 Å². The Morgan fingerprint density at radius 2 is 2.05 bits per heavy atom. The fourth-order valence-corrected chi connectivity index (χ4v) is 2.09. The first-order valence-corrected chi connectivity index (χ1v) is 5.91. The van der Waals surface area contributed by atoms with Crippen molar-refractivity contribution in [2.45, 2.75) is 0 Å². The number of ketones is 1. The first kappa shape index (κ1) is 11.9. The highest BCUT2D eigenvalue weighted by atomic mass is 16.3. The maximum Gasteiger partial charge on any atom is 0.213 e. The molecule has 0 saturated carbocycles. The number of carbonyl (C=O) groups excluding carboxylic acids is 1. The van der Waals surface area contributed by atoms with Crippen molar-refractivity contribution in [3.8, 4) is 11.8 Å². The third-order valence-electron chi connectivity index (χ3n) is 3.03. The number of aromatic nitrogens is 2. The van der Waals surface area contributed by atoms with Crippen LogP contribution in [0.1, 0.15) is 21.7 Å². The van der Waals surface area contributed by atoms with E-state index < -0.39 is 0 Å². The summed E-state index contributed by atoms with van der Waals surface area (Å²) in [6, 6.07) is 11.6. The minimum Gasteiger partial charge on any atom is -0.506 e. The summed E-state index contributed by atoms with van der Waals surface area (Å²) in [5.41, 5.74) is 1.32. The molecule has 96 valence electrons. The Balaban J connectivity index is 2.13. The molecule has 5 nitrogen and oxygen atoms in total. The second kappa shape index (κ2) is 4.52. The average molecular weight is 263 g/mol. The number of para-hydroxylation sites is 1. The summed E-state index contributed by atoms with van der Waals surface area (Å²) in [5.74, 6) is -0.209. The van der Waals surface area contributed by atoms with Gasteiger partial charge in [0.2, 0.25) is 5.78 Å². The molecule has 2 N–H and O–H groups in total. The molecule has 0 bridgehead atoms. The number of hydrogen-bond acceptors (Lipinski definition) is 4. The second-order valence-electron chi connectivity index (χ2n) is 4.25.